The number of amides is 2. The number of methoxy groups -OCH3 is 1. The molecule has 2 heterocycles. The lowest BCUT2D eigenvalue weighted by Gasteiger charge is -2.25. The fourth-order valence-electron chi connectivity index (χ4n) is 4.63. The molecule has 0 aromatic heterocycles. The van der Waals surface area contributed by atoms with Crippen LogP contribution in [0.25, 0.3) is 10.4 Å². The third kappa shape index (κ3) is 7.14. The summed E-state index contributed by atoms with van der Waals surface area (Å²) in [5.41, 5.74) is 9.61. The van der Waals surface area contributed by atoms with Crippen LogP contribution in [-0.2, 0) is 31.7 Å². The van der Waals surface area contributed by atoms with Gasteiger partial charge in [-0.1, -0.05) is 35.4 Å². The number of esters is 1. The van der Waals surface area contributed by atoms with Crippen LogP contribution in [0.15, 0.2) is 64.6 Å². The number of nitrogens with one attached hydrogen (secondary N) is 1. The van der Waals surface area contributed by atoms with Crippen LogP contribution >= 0.6 is 0 Å². The number of nitrogens with zero attached hydrogens (tertiary/aromatic N) is 5. The summed E-state index contributed by atoms with van der Waals surface area (Å²) in [6, 6.07) is 12.9. The van der Waals surface area contributed by atoms with Gasteiger partial charge < -0.3 is 19.7 Å². The van der Waals surface area contributed by atoms with E-state index in [2.05, 4.69) is 15.3 Å². The van der Waals surface area contributed by atoms with Crippen molar-refractivity contribution in [2.75, 3.05) is 26.7 Å². The van der Waals surface area contributed by atoms with E-state index in [0.29, 0.717) is 29.3 Å². The summed E-state index contributed by atoms with van der Waals surface area (Å²) in [6.45, 7) is 1.49. The van der Waals surface area contributed by atoms with E-state index >= 15 is 0 Å². The Bertz CT molecular complexity index is 1250. The third-order valence-corrected chi connectivity index (χ3v) is 8.15. The number of rotatable bonds is 9. The first-order valence-corrected chi connectivity index (χ1v) is 13.7. The molecule has 2 aromatic carbocycles. The first-order valence-electron chi connectivity index (χ1n) is 12.6. The molecule has 2 fully saturated rings. The summed E-state index contributed by atoms with van der Waals surface area (Å²) >= 11 is 0. The van der Waals surface area contributed by atoms with Crippen LogP contribution in [0.2, 0.25) is 0 Å². The molecule has 2 aliphatic heterocycles. The first kappa shape index (κ1) is 28.1. The zero-order valence-electron chi connectivity index (χ0n) is 21.5. The van der Waals surface area contributed by atoms with Crippen molar-refractivity contribution in [1.29, 1.82) is 0 Å². The van der Waals surface area contributed by atoms with E-state index in [-0.39, 0.29) is 19.4 Å². The number of ether oxygens (including phenoxy) is 2. The Morgan fingerprint density at radius 2 is 1.82 bits per heavy atom. The Labute approximate surface area is 228 Å². The minimum absolute atomic E-state index is 0.118. The molecule has 4 rings (SSSR count). The van der Waals surface area contributed by atoms with E-state index < -0.39 is 47.1 Å². The number of hydrogen-bond acceptors (Lipinski definition) is 7. The van der Waals surface area contributed by atoms with Crippen LogP contribution in [0.4, 0.5) is 4.79 Å². The van der Waals surface area contributed by atoms with E-state index in [1.165, 1.54) is 11.4 Å². The molecule has 2 saturated heterocycles. The maximum Gasteiger partial charge on any atom is 0.415 e. The summed E-state index contributed by atoms with van der Waals surface area (Å²) in [6.07, 6.45) is 1.79. The minimum atomic E-state index is -1.68. The van der Waals surface area contributed by atoms with Gasteiger partial charge in [-0.15, -0.1) is 0 Å². The van der Waals surface area contributed by atoms with E-state index in [4.69, 9.17) is 15.0 Å². The maximum absolute atomic E-state index is 13.4. The molecule has 1 N–H and O–H groups in total. The van der Waals surface area contributed by atoms with Gasteiger partial charge in [-0.05, 0) is 54.6 Å². The SMILES string of the molecule is COC(=O)[C@H](Cc1ccc(OC(=O)N2CCCC2)cc1)NC(=O)[C@@H]1C[C@@H](N=[N+]=[N-])CN1S(=O)c1ccccc1. The molecule has 0 bridgehead atoms. The van der Waals surface area contributed by atoms with Gasteiger partial charge in [0, 0.05) is 31.0 Å². The van der Waals surface area contributed by atoms with E-state index in [0.717, 1.165) is 12.8 Å². The van der Waals surface area contributed by atoms with Crippen LogP contribution in [0, 0.1) is 0 Å². The highest BCUT2D eigenvalue weighted by Crippen LogP contribution is 2.26. The Hall–Kier alpha value is -3.93. The highest BCUT2D eigenvalue weighted by atomic mass is 32.2. The van der Waals surface area contributed by atoms with Gasteiger partial charge in [-0.3, -0.25) is 4.79 Å². The molecule has 12 nitrogen and oxygen atoms in total. The molecule has 206 valence electrons. The Morgan fingerprint density at radius 3 is 2.46 bits per heavy atom. The molecule has 13 heteroatoms. The van der Waals surface area contributed by atoms with Crippen molar-refractivity contribution in [3.63, 3.8) is 0 Å². The zero-order valence-corrected chi connectivity index (χ0v) is 22.3. The normalized spacial score (nSPS) is 20.5. The van der Waals surface area contributed by atoms with E-state index in [1.807, 2.05) is 0 Å². The van der Waals surface area contributed by atoms with Crippen molar-refractivity contribution in [1.82, 2.24) is 14.5 Å². The molecule has 2 aromatic rings. The number of benzene rings is 2. The van der Waals surface area contributed by atoms with E-state index in [9.17, 15) is 18.6 Å². The maximum atomic E-state index is 13.4. The molecule has 0 radical (unpaired) electrons. The van der Waals surface area contributed by atoms with Gasteiger partial charge in [0.05, 0.1) is 18.0 Å². The number of hydrogen-bond donors (Lipinski definition) is 1. The van der Waals surface area contributed by atoms with Crippen molar-refractivity contribution in [3.8, 4) is 5.75 Å². The van der Waals surface area contributed by atoms with Gasteiger partial charge in [-0.25, -0.2) is 18.1 Å². The van der Waals surface area contributed by atoms with Gasteiger partial charge in [0.15, 0.2) is 0 Å². The molecule has 2 aliphatic rings. The fourth-order valence-corrected chi connectivity index (χ4v) is 6.01. The largest absolute Gasteiger partial charge is 0.467 e. The van der Waals surface area contributed by atoms with E-state index in [1.54, 1.807) is 59.5 Å². The quantitative estimate of drug-likeness (QED) is 0.218. The second-order valence-electron chi connectivity index (χ2n) is 9.27. The standard InChI is InChI=1S/C26H30N6O6S/c1-37-25(34)22(15-18-9-11-20(12-10-18)38-26(35)31-13-5-6-14-31)28-24(33)23-16-19(29-30-27)17-32(23)39(36)21-7-3-2-4-8-21/h2-4,7-12,19,22-23H,5-6,13-17H2,1H3,(H,28,33)/t19-,22+,23+,39?/m1/s1. The van der Waals surface area contributed by atoms with Crippen LogP contribution < -0.4 is 10.1 Å². The van der Waals surface area contributed by atoms with Gasteiger partial charge in [0.1, 0.15) is 28.8 Å². The third-order valence-electron chi connectivity index (χ3n) is 6.64. The highest BCUT2D eigenvalue weighted by Gasteiger charge is 2.41. The van der Waals surface area contributed by atoms with Crippen molar-refractivity contribution in [3.05, 3.63) is 70.6 Å². The molecule has 0 spiro atoms. The fraction of sp³-hybridized carbons (Fsp3) is 0.423. The Balaban J connectivity index is 1.44. The average molecular weight is 555 g/mol. The monoisotopic (exact) mass is 554 g/mol. The Morgan fingerprint density at radius 1 is 1.13 bits per heavy atom. The minimum Gasteiger partial charge on any atom is -0.467 e. The summed E-state index contributed by atoms with van der Waals surface area (Å²) < 4.78 is 25.1. The average Bonchev–Trinajstić information content (AvgIpc) is 3.64. The summed E-state index contributed by atoms with van der Waals surface area (Å²) in [5.74, 6) is -0.793. The second-order valence-corrected chi connectivity index (χ2v) is 10.7. The molecule has 0 aliphatic carbocycles. The van der Waals surface area contributed by atoms with Crippen LogP contribution in [0.3, 0.4) is 0 Å². The van der Waals surface area contributed by atoms with Crippen molar-refractivity contribution < 1.29 is 28.1 Å². The van der Waals surface area contributed by atoms with Gasteiger partial charge >= 0.3 is 12.1 Å². The second kappa shape index (κ2) is 13.2. The van der Waals surface area contributed by atoms with Crippen molar-refractivity contribution in [2.24, 2.45) is 5.11 Å². The van der Waals surface area contributed by atoms with Crippen molar-refractivity contribution in [2.45, 2.75) is 48.7 Å². The molecule has 4 atom stereocenters. The summed E-state index contributed by atoms with van der Waals surface area (Å²) in [4.78, 5) is 43.2. The lowest BCUT2D eigenvalue weighted by atomic mass is 10.0. The van der Waals surface area contributed by atoms with Gasteiger partial charge in [0.25, 0.3) is 0 Å². The predicted molar refractivity (Wildman–Crippen MR) is 142 cm³/mol. The number of carbonyl (C=O) groups excluding carboxylic acids is 3. The predicted octanol–water partition coefficient (Wildman–Crippen LogP) is 2.96. The number of azide groups is 1. The number of likely N-dealkylation sites (tertiary alicyclic amines) is 1. The molecular weight excluding hydrogens is 524 g/mol. The smallest absolute Gasteiger partial charge is 0.415 e. The topological polar surface area (TPSA) is 154 Å². The van der Waals surface area contributed by atoms with Crippen molar-refractivity contribution >= 4 is 29.0 Å². The summed E-state index contributed by atoms with van der Waals surface area (Å²) in [5, 5.41) is 6.45. The lowest BCUT2D eigenvalue weighted by molar-refractivity contribution is -0.145. The Kier molecular flexibility index (Phi) is 9.53. The van der Waals surface area contributed by atoms with Crippen LogP contribution in [0.5, 0.6) is 5.75 Å². The molecular formula is C26H30N6O6S. The molecule has 2 amide bonds. The van der Waals surface area contributed by atoms with Crippen LogP contribution in [0.1, 0.15) is 24.8 Å². The lowest BCUT2D eigenvalue weighted by Crippen LogP contribution is -2.50. The zero-order chi connectivity index (χ0) is 27.8. The first-order chi connectivity index (χ1) is 18.9. The highest BCUT2D eigenvalue weighted by molar-refractivity contribution is 7.82. The number of carbonyl (C=O) groups is 3. The van der Waals surface area contributed by atoms with Crippen LogP contribution in [-0.4, -0.2) is 76.3 Å². The summed E-state index contributed by atoms with van der Waals surface area (Å²) in [7, 11) is -0.451. The molecule has 39 heavy (non-hydrogen) atoms. The van der Waals surface area contributed by atoms with Gasteiger partial charge in [0.2, 0.25) is 5.91 Å². The molecule has 0 saturated carbocycles. The molecule has 1 unspecified atom stereocenters. The van der Waals surface area contributed by atoms with Gasteiger partial charge in [-0.2, -0.15) is 0 Å².